The van der Waals surface area contributed by atoms with Gasteiger partial charge in [0.05, 0.1) is 17.5 Å². The fourth-order valence-corrected chi connectivity index (χ4v) is 4.80. The topological polar surface area (TPSA) is 46.6 Å². The van der Waals surface area contributed by atoms with Crippen molar-refractivity contribution in [1.29, 1.82) is 0 Å². The molecule has 1 aromatic rings. The Kier molecular flexibility index (Phi) is 3.93. The number of sulfonamides is 1. The summed E-state index contributed by atoms with van der Waals surface area (Å²) in [4.78, 5) is 0. The van der Waals surface area contributed by atoms with Crippen LogP contribution >= 0.6 is 11.6 Å². The van der Waals surface area contributed by atoms with Gasteiger partial charge in [0.1, 0.15) is 0 Å². The van der Waals surface area contributed by atoms with Gasteiger partial charge in [-0.05, 0) is 43.4 Å². The van der Waals surface area contributed by atoms with Gasteiger partial charge < -0.3 is 4.74 Å². The van der Waals surface area contributed by atoms with E-state index in [1.807, 2.05) is 12.1 Å². The molecule has 3 rings (SSSR count). The van der Waals surface area contributed by atoms with Crippen molar-refractivity contribution in [2.24, 2.45) is 0 Å². The van der Waals surface area contributed by atoms with Crippen LogP contribution in [0.3, 0.4) is 0 Å². The average molecular weight is 316 g/mol. The highest BCUT2D eigenvalue weighted by Crippen LogP contribution is 2.35. The van der Waals surface area contributed by atoms with Crippen LogP contribution in [0.2, 0.25) is 5.02 Å². The van der Waals surface area contributed by atoms with Gasteiger partial charge in [-0.25, -0.2) is 8.42 Å². The second-order valence-electron chi connectivity index (χ2n) is 5.30. The number of hydrogen-bond acceptors (Lipinski definition) is 3. The zero-order valence-electron chi connectivity index (χ0n) is 11.2. The molecule has 2 heterocycles. The predicted molar refractivity (Wildman–Crippen MR) is 79.9 cm³/mol. The molecule has 0 aromatic heterocycles. The fraction of sp³-hybridized carbons (Fsp3) is 0.571. The van der Waals surface area contributed by atoms with E-state index in [-0.39, 0.29) is 11.9 Å². The first kappa shape index (κ1) is 14.2. The van der Waals surface area contributed by atoms with Gasteiger partial charge in [0, 0.05) is 18.2 Å². The Morgan fingerprint density at radius 2 is 2.25 bits per heavy atom. The fourth-order valence-electron chi connectivity index (χ4n) is 2.91. The molecule has 0 saturated carbocycles. The van der Waals surface area contributed by atoms with Gasteiger partial charge in [-0.15, -0.1) is 0 Å². The molecule has 20 heavy (non-hydrogen) atoms. The average Bonchev–Trinajstić information content (AvgIpc) is 3.06. The van der Waals surface area contributed by atoms with E-state index >= 15 is 0 Å². The molecule has 2 aliphatic rings. The van der Waals surface area contributed by atoms with Crippen molar-refractivity contribution in [3.8, 4) is 0 Å². The SMILES string of the molecule is O=S(=O)(CC[C@@H]1CCCO1)N1CCc2c(Cl)cccc21. The van der Waals surface area contributed by atoms with Crippen LogP contribution in [0.5, 0.6) is 0 Å². The van der Waals surface area contributed by atoms with Crippen molar-refractivity contribution in [3.63, 3.8) is 0 Å². The maximum absolute atomic E-state index is 12.5. The van der Waals surface area contributed by atoms with Crippen LogP contribution in [-0.2, 0) is 21.2 Å². The van der Waals surface area contributed by atoms with E-state index in [0.717, 1.165) is 30.7 Å². The molecule has 0 bridgehead atoms. The molecule has 2 aliphatic heterocycles. The summed E-state index contributed by atoms with van der Waals surface area (Å²) in [6, 6.07) is 5.44. The quantitative estimate of drug-likeness (QED) is 0.858. The molecule has 6 heteroatoms. The van der Waals surface area contributed by atoms with Crippen molar-refractivity contribution >= 4 is 27.3 Å². The van der Waals surface area contributed by atoms with Crippen LogP contribution < -0.4 is 4.31 Å². The molecule has 0 aliphatic carbocycles. The Hall–Kier alpha value is -0.780. The van der Waals surface area contributed by atoms with Crippen molar-refractivity contribution in [2.45, 2.75) is 31.8 Å². The smallest absolute Gasteiger partial charge is 0.235 e. The minimum absolute atomic E-state index is 0.103. The Labute approximate surface area is 124 Å². The number of hydrogen-bond donors (Lipinski definition) is 0. The molecule has 0 amide bonds. The summed E-state index contributed by atoms with van der Waals surface area (Å²) in [6.07, 6.45) is 3.37. The standard InChI is InChI=1S/C14H18ClNO3S/c15-13-4-1-5-14-12(13)6-8-16(14)20(17,18)10-7-11-3-2-9-19-11/h1,4-5,11H,2-3,6-10H2/t11-/m0/s1. The van der Waals surface area contributed by atoms with E-state index in [0.29, 0.717) is 24.4 Å². The lowest BCUT2D eigenvalue weighted by atomic mass is 10.2. The Bertz CT molecular complexity index is 596. The molecule has 0 N–H and O–H groups in total. The minimum Gasteiger partial charge on any atom is -0.378 e. The summed E-state index contributed by atoms with van der Waals surface area (Å²) in [6.45, 7) is 1.25. The van der Waals surface area contributed by atoms with Crippen LogP contribution in [0.4, 0.5) is 5.69 Å². The van der Waals surface area contributed by atoms with Crippen LogP contribution in [-0.4, -0.2) is 33.4 Å². The molecule has 1 fully saturated rings. The van der Waals surface area contributed by atoms with E-state index in [4.69, 9.17) is 16.3 Å². The molecule has 1 aromatic carbocycles. The maximum atomic E-state index is 12.5. The van der Waals surface area contributed by atoms with Crippen molar-refractivity contribution < 1.29 is 13.2 Å². The molecule has 0 unspecified atom stereocenters. The van der Waals surface area contributed by atoms with Gasteiger partial charge in [0.2, 0.25) is 10.0 Å². The van der Waals surface area contributed by atoms with Crippen molar-refractivity contribution in [3.05, 3.63) is 28.8 Å². The Balaban J connectivity index is 1.74. The molecule has 4 nitrogen and oxygen atoms in total. The van der Waals surface area contributed by atoms with E-state index in [9.17, 15) is 8.42 Å². The van der Waals surface area contributed by atoms with E-state index in [2.05, 4.69) is 0 Å². The summed E-state index contributed by atoms with van der Waals surface area (Å²) in [5, 5.41) is 0.652. The van der Waals surface area contributed by atoms with Gasteiger partial charge in [0.25, 0.3) is 0 Å². The third-order valence-electron chi connectivity index (χ3n) is 3.99. The number of benzene rings is 1. The largest absolute Gasteiger partial charge is 0.378 e. The number of rotatable bonds is 4. The van der Waals surface area contributed by atoms with Crippen LogP contribution in [0.1, 0.15) is 24.8 Å². The predicted octanol–water partition coefficient (Wildman–Crippen LogP) is 2.60. The van der Waals surface area contributed by atoms with Crippen molar-refractivity contribution in [2.75, 3.05) is 23.2 Å². The van der Waals surface area contributed by atoms with Crippen LogP contribution in [0.25, 0.3) is 0 Å². The monoisotopic (exact) mass is 315 g/mol. The molecular formula is C14H18ClNO3S. The maximum Gasteiger partial charge on any atom is 0.235 e. The normalized spacial score (nSPS) is 22.2. The Morgan fingerprint density at radius 3 is 3.00 bits per heavy atom. The highest BCUT2D eigenvalue weighted by atomic mass is 35.5. The minimum atomic E-state index is -3.28. The highest BCUT2D eigenvalue weighted by molar-refractivity contribution is 7.92. The van der Waals surface area contributed by atoms with Gasteiger partial charge >= 0.3 is 0 Å². The van der Waals surface area contributed by atoms with E-state index < -0.39 is 10.0 Å². The Morgan fingerprint density at radius 1 is 1.40 bits per heavy atom. The lowest BCUT2D eigenvalue weighted by molar-refractivity contribution is 0.109. The third-order valence-corrected chi connectivity index (χ3v) is 6.14. The molecule has 110 valence electrons. The van der Waals surface area contributed by atoms with E-state index in [1.165, 1.54) is 4.31 Å². The van der Waals surface area contributed by atoms with Gasteiger partial charge in [-0.1, -0.05) is 17.7 Å². The molecule has 0 spiro atoms. The van der Waals surface area contributed by atoms with Crippen LogP contribution in [0, 0.1) is 0 Å². The summed E-state index contributed by atoms with van der Waals surface area (Å²) in [7, 11) is -3.28. The number of nitrogens with zero attached hydrogens (tertiary/aromatic N) is 1. The second-order valence-corrected chi connectivity index (χ2v) is 7.72. The summed E-state index contributed by atoms with van der Waals surface area (Å²) in [5.41, 5.74) is 1.68. The lowest BCUT2D eigenvalue weighted by Crippen LogP contribution is -2.32. The number of fused-ring (bicyclic) bond motifs is 1. The first-order valence-corrected chi connectivity index (χ1v) is 8.96. The van der Waals surface area contributed by atoms with Crippen LogP contribution in [0.15, 0.2) is 18.2 Å². The number of anilines is 1. The summed E-state index contributed by atoms with van der Waals surface area (Å²) >= 11 is 6.12. The number of ether oxygens (including phenoxy) is 1. The molecule has 0 radical (unpaired) electrons. The highest BCUT2D eigenvalue weighted by Gasteiger charge is 2.31. The van der Waals surface area contributed by atoms with Crippen molar-refractivity contribution in [1.82, 2.24) is 0 Å². The first-order valence-electron chi connectivity index (χ1n) is 6.97. The zero-order valence-corrected chi connectivity index (χ0v) is 12.8. The summed E-state index contributed by atoms with van der Waals surface area (Å²) in [5.74, 6) is 0.142. The third kappa shape index (κ3) is 2.67. The summed E-state index contributed by atoms with van der Waals surface area (Å²) < 4.78 is 32.0. The first-order chi connectivity index (χ1) is 9.58. The number of halogens is 1. The molecular weight excluding hydrogens is 298 g/mol. The zero-order chi connectivity index (χ0) is 14.2. The molecule has 1 saturated heterocycles. The molecule has 1 atom stereocenters. The second kappa shape index (κ2) is 5.54. The van der Waals surface area contributed by atoms with E-state index in [1.54, 1.807) is 6.07 Å². The van der Waals surface area contributed by atoms with Gasteiger partial charge in [-0.2, -0.15) is 0 Å². The lowest BCUT2D eigenvalue weighted by Gasteiger charge is -2.20. The van der Waals surface area contributed by atoms with Gasteiger partial charge in [-0.3, -0.25) is 4.31 Å². The van der Waals surface area contributed by atoms with Gasteiger partial charge in [0.15, 0.2) is 0 Å².